The maximum atomic E-state index is 12.2. The van der Waals surface area contributed by atoms with Gasteiger partial charge in [-0.15, -0.1) is 0 Å². The Morgan fingerprint density at radius 1 is 1.42 bits per heavy atom. The molecule has 1 amide bonds. The zero-order valence-electron chi connectivity index (χ0n) is 14.6. The van der Waals surface area contributed by atoms with Gasteiger partial charge >= 0.3 is 5.69 Å². The summed E-state index contributed by atoms with van der Waals surface area (Å²) in [5, 5.41) is 12.5. The van der Waals surface area contributed by atoms with Crippen LogP contribution in [0, 0.1) is 0 Å². The largest absolute Gasteiger partial charge is 0.382 e. The number of aliphatic hydroxyl groups is 1. The van der Waals surface area contributed by atoms with E-state index in [1.165, 1.54) is 6.20 Å². The lowest BCUT2D eigenvalue weighted by Crippen LogP contribution is -2.36. The predicted molar refractivity (Wildman–Crippen MR) is 91.5 cm³/mol. The molecule has 5 N–H and O–H groups in total. The minimum Gasteiger partial charge on any atom is -0.382 e. The molecule has 26 heavy (non-hydrogen) atoms. The fourth-order valence-electron chi connectivity index (χ4n) is 2.79. The molecule has 10 nitrogen and oxygen atoms in total. The van der Waals surface area contributed by atoms with Gasteiger partial charge < -0.3 is 20.9 Å². The fraction of sp³-hybridized carbons (Fsp3) is 0.625. The Morgan fingerprint density at radius 3 is 2.81 bits per heavy atom. The fourth-order valence-corrected chi connectivity index (χ4v) is 2.79. The third-order valence-corrected chi connectivity index (χ3v) is 4.15. The quantitative estimate of drug-likeness (QED) is 0.420. The van der Waals surface area contributed by atoms with Crippen LogP contribution in [0.4, 0.5) is 0 Å². The number of hydrogen-bond donors (Lipinski definition) is 4. The number of aryl methyl sites for hydroxylation is 1. The summed E-state index contributed by atoms with van der Waals surface area (Å²) in [5.74, 6) is -0.901. The van der Waals surface area contributed by atoms with E-state index in [9.17, 15) is 24.3 Å². The summed E-state index contributed by atoms with van der Waals surface area (Å²) in [5.41, 5.74) is 3.79. The average Bonchev–Trinajstić information content (AvgIpc) is 2.88. The van der Waals surface area contributed by atoms with Crippen LogP contribution >= 0.6 is 0 Å². The van der Waals surface area contributed by atoms with E-state index in [0.717, 1.165) is 4.57 Å². The van der Waals surface area contributed by atoms with Crippen molar-refractivity contribution in [1.82, 2.24) is 14.9 Å². The second-order valence-corrected chi connectivity index (χ2v) is 6.12. The number of carbonyl (C=O) groups excluding carboxylic acids is 2. The molecule has 1 fully saturated rings. The van der Waals surface area contributed by atoms with Crippen molar-refractivity contribution in [2.24, 2.45) is 5.73 Å². The number of aromatic amines is 1. The van der Waals surface area contributed by atoms with E-state index in [1.54, 1.807) is 0 Å². The van der Waals surface area contributed by atoms with Crippen molar-refractivity contribution >= 4 is 11.7 Å². The summed E-state index contributed by atoms with van der Waals surface area (Å²) in [7, 11) is 0. The van der Waals surface area contributed by atoms with Gasteiger partial charge in [-0.25, -0.2) is 4.79 Å². The molecule has 0 aliphatic carbocycles. The highest BCUT2D eigenvalue weighted by molar-refractivity contribution is 5.90. The lowest BCUT2D eigenvalue weighted by molar-refractivity contribution is -0.127. The Balaban J connectivity index is 2.20. The van der Waals surface area contributed by atoms with E-state index in [2.05, 4.69) is 10.3 Å². The first kappa shape index (κ1) is 20.0. The normalized spacial score (nSPS) is 22.6. The number of nitrogens with two attached hydrogens (primary N) is 1. The van der Waals surface area contributed by atoms with Gasteiger partial charge in [0, 0.05) is 32.3 Å². The van der Waals surface area contributed by atoms with Crippen molar-refractivity contribution in [3.05, 3.63) is 32.6 Å². The molecule has 0 aromatic carbocycles. The first-order valence-corrected chi connectivity index (χ1v) is 8.56. The summed E-state index contributed by atoms with van der Waals surface area (Å²) in [6.07, 6.45) is -0.825. The minimum atomic E-state index is -1.30. The van der Waals surface area contributed by atoms with Crippen LogP contribution in [0.2, 0.25) is 0 Å². The first-order valence-electron chi connectivity index (χ1n) is 8.56. The molecule has 0 saturated carbocycles. The van der Waals surface area contributed by atoms with Gasteiger partial charge in [-0.3, -0.25) is 23.9 Å². The summed E-state index contributed by atoms with van der Waals surface area (Å²) in [6.45, 7) is 2.53. The number of nitrogens with one attached hydrogen (secondary N) is 2. The van der Waals surface area contributed by atoms with Crippen LogP contribution < -0.4 is 22.3 Å². The number of carbonyl (C=O) groups is 2. The summed E-state index contributed by atoms with van der Waals surface area (Å²) in [6, 6.07) is 0. The molecule has 0 spiro atoms. The van der Waals surface area contributed by atoms with Crippen molar-refractivity contribution in [2.75, 3.05) is 13.1 Å². The number of rotatable bonds is 8. The monoisotopic (exact) mass is 368 g/mol. The molecule has 10 heteroatoms. The summed E-state index contributed by atoms with van der Waals surface area (Å²) < 4.78 is 6.67. The first-order chi connectivity index (χ1) is 12.4. The molecule has 1 aromatic heterocycles. The lowest BCUT2D eigenvalue weighted by Gasteiger charge is -2.13. The number of ketones is 1. The molecule has 1 saturated heterocycles. The van der Waals surface area contributed by atoms with E-state index in [0.29, 0.717) is 25.9 Å². The van der Waals surface area contributed by atoms with Crippen LogP contribution in [0.15, 0.2) is 15.8 Å². The van der Waals surface area contributed by atoms with Crippen LogP contribution in [0.25, 0.3) is 0 Å². The topological polar surface area (TPSA) is 157 Å². The van der Waals surface area contributed by atoms with Gasteiger partial charge in [0.15, 0.2) is 11.9 Å². The molecule has 1 aliphatic heterocycles. The number of aromatic nitrogens is 2. The zero-order valence-corrected chi connectivity index (χ0v) is 14.6. The Labute approximate surface area is 149 Å². The van der Waals surface area contributed by atoms with E-state index in [1.807, 2.05) is 6.92 Å². The standard InChI is InChI=1S/C16H24N4O6/c1-2-3-10-12(22)13(23)14(26-10)9-8-20(16(25)19-15(9)24)7-4-11(21)18-6-5-17/h8,10,12,14,22H,2-7,17H2,1H3,(H,18,21)(H,19,24,25). The Morgan fingerprint density at radius 2 is 2.15 bits per heavy atom. The lowest BCUT2D eigenvalue weighted by atomic mass is 10.0. The summed E-state index contributed by atoms with van der Waals surface area (Å²) >= 11 is 0. The number of ether oxygens (including phenoxy) is 1. The van der Waals surface area contributed by atoms with Crippen LogP contribution in [0.1, 0.15) is 37.9 Å². The molecule has 2 rings (SSSR count). The number of Topliss-reactive ketones (excluding diaryl/α,β-unsaturated/α-hetero) is 1. The number of amides is 1. The molecular formula is C16H24N4O6. The maximum absolute atomic E-state index is 12.2. The molecule has 144 valence electrons. The highest BCUT2D eigenvalue weighted by atomic mass is 16.5. The number of aliphatic hydroxyl groups excluding tert-OH is 1. The smallest absolute Gasteiger partial charge is 0.328 e. The van der Waals surface area contributed by atoms with Crippen molar-refractivity contribution in [3.8, 4) is 0 Å². The molecule has 0 bridgehead atoms. The molecule has 3 unspecified atom stereocenters. The van der Waals surface area contributed by atoms with Crippen LogP contribution in [-0.4, -0.2) is 51.6 Å². The summed E-state index contributed by atoms with van der Waals surface area (Å²) in [4.78, 5) is 50.0. The van der Waals surface area contributed by atoms with Crippen LogP contribution in [0.3, 0.4) is 0 Å². The zero-order chi connectivity index (χ0) is 19.3. The van der Waals surface area contributed by atoms with Gasteiger partial charge in [-0.2, -0.15) is 0 Å². The van der Waals surface area contributed by atoms with Crippen LogP contribution in [-0.2, 0) is 20.9 Å². The van der Waals surface area contributed by atoms with E-state index in [-0.39, 0.29) is 24.4 Å². The van der Waals surface area contributed by atoms with Gasteiger partial charge in [-0.1, -0.05) is 13.3 Å². The third kappa shape index (κ3) is 4.45. The van der Waals surface area contributed by atoms with Crippen molar-refractivity contribution in [3.63, 3.8) is 0 Å². The molecule has 0 radical (unpaired) electrons. The van der Waals surface area contributed by atoms with E-state index < -0.39 is 35.3 Å². The number of hydrogen-bond acceptors (Lipinski definition) is 7. The van der Waals surface area contributed by atoms with E-state index >= 15 is 0 Å². The minimum absolute atomic E-state index is 0.00590. The van der Waals surface area contributed by atoms with E-state index in [4.69, 9.17) is 10.5 Å². The second-order valence-electron chi connectivity index (χ2n) is 6.12. The van der Waals surface area contributed by atoms with Crippen LogP contribution in [0.5, 0.6) is 0 Å². The average molecular weight is 368 g/mol. The Hall–Kier alpha value is -2.30. The predicted octanol–water partition coefficient (Wildman–Crippen LogP) is -1.83. The highest BCUT2D eigenvalue weighted by Crippen LogP contribution is 2.30. The van der Waals surface area contributed by atoms with Gasteiger partial charge in [0.2, 0.25) is 5.91 Å². The molecule has 1 aromatic rings. The second kappa shape index (κ2) is 8.88. The van der Waals surface area contributed by atoms with Gasteiger partial charge in [0.05, 0.1) is 11.7 Å². The number of H-pyrrole nitrogens is 1. The van der Waals surface area contributed by atoms with Crippen molar-refractivity contribution in [1.29, 1.82) is 0 Å². The molecular weight excluding hydrogens is 344 g/mol. The van der Waals surface area contributed by atoms with Gasteiger partial charge in [0.25, 0.3) is 5.56 Å². The number of nitrogens with zero attached hydrogens (tertiary/aromatic N) is 1. The highest BCUT2D eigenvalue weighted by Gasteiger charge is 2.43. The molecule has 3 atom stereocenters. The van der Waals surface area contributed by atoms with Crippen molar-refractivity contribution in [2.45, 2.75) is 51.0 Å². The van der Waals surface area contributed by atoms with Crippen molar-refractivity contribution < 1.29 is 19.4 Å². The Kier molecular flexibility index (Phi) is 6.83. The third-order valence-electron chi connectivity index (χ3n) is 4.15. The SMILES string of the molecule is CCCC1OC(c2cn(CCC(=O)NCCN)c(=O)[nH]c2=O)C(=O)C1O. The Bertz CT molecular complexity index is 771. The molecule has 1 aliphatic rings. The van der Waals surface area contributed by atoms with Gasteiger partial charge in [0.1, 0.15) is 6.10 Å². The maximum Gasteiger partial charge on any atom is 0.328 e. The molecule has 2 heterocycles. The van der Waals surface area contributed by atoms with Gasteiger partial charge in [-0.05, 0) is 6.42 Å².